The number of hydrogen-bond acceptors (Lipinski definition) is 3. The third kappa shape index (κ3) is 4.65. The molecule has 0 fully saturated rings. The summed E-state index contributed by atoms with van der Waals surface area (Å²) in [4.78, 5) is 9.89. The van der Waals surface area contributed by atoms with Gasteiger partial charge in [0.1, 0.15) is 0 Å². The fraction of sp³-hybridized carbons (Fsp3) is 0.0377. The Balaban J connectivity index is 1.12. The Morgan fingerprint density at radius 2 is 1.07 bits per heavy atom. The molecule has 0 radical (unpaired) electrons. The summed E-state index contributed by atoms with van der Waals surface area (Å²) in [7, 11) is 0. The first-order chi connectivity index (χ1) is 28.2. The lowest BCUT2D eigenvalue weighted by Gasteiger charge is -2.28. The largest absolute Gasteiger partial charge is 0.309 e. The lowest BCUT2D eigenvalue weighted by Crippen LogP contribution is -2.13. The van der Waals surface area contributed by atoms with Gasteiger partial charge in [-0.3, -0.25) is 4.98 Å². The van der Waals surface area contributed by atoms with Crippen molar-refractivity contribution in [2.24, 2.45) is 0 Å². The number of aromatic nitrogens is 2. The maximum absolute atomic E-state index is 5.06. The van der Waals surface area contributed by atoms with E-state index in [1.165, 1.54) is 49.9 Å². The van der Waals surface area contributed by atoms with E-state index < -0.39 is 0 Å². The van der Waals surface area contributed by atoms with Crippen molar-refractivity contribution in [3.63, 3.8) is 0 Å². The molecule has 1 atom stereocenters. The van der Waals surface area contributed by atoms with Crippen molar-refractivity contribution in [3.05, 3.63) is 205 Å². The first-order valence-electron chi connectivity index (χ1n) is 19.7. The second-order valence-electron chi connectivity index (χ2n) is 15.2. The number of benzene rings is 7. The van der Waals surface area contributed by atoms with Gasteiger partial charge >= 0.3 is 0 Å². The molecule has 3 aliphatic rings. The predicted molar refractivity (Wildman–Crippen MR) is 237 cm³/mol. The van der Waals surface area contributed by atoms with Crippen molar-refractivity contribution < 1.29 is 0 Å². The highest BCUT2D eigenvalue weighted by Gasteiger charge is 2.33. The Morgan fingerprint density at radius 3 is 1.93 bits per heavy atom. The van der Waals surface area contributed by atoms with E-state index in [0.717, 1.165) is 56.6 Å². The maximum atomic E-state index is 5.06. The topological polar surface area (TPSA) is 24.3 Å². The molecule has 0 saturated carbocycles. The van der Waals surface area contributed by atoms with Crippen LogP contribution in [0.25, 0.3) is 62.3 Å². The Hall–Kier alpha value is -7.43. The molecule has 268 valence electrons. The molecule has 0 spiro atoms. The van der Waals surface area contributed by atoms with Crippen LogP contribution in [0.1, 0.15) is 35.1 Å². The molecular formula is C53H36N4. The molecule has 4 heteroatoms. The van der Waals surface area contributed by atoms with Gasteiger partial charge in [0, 0.05) is 33.7 Å². The van der Waals surface area contributed by atoms with E-state index in [1.54, 1.807) is 0 Å². The highest BCUT2D eigenvalue weighted by molar-refractivity contribution is 6.13. The summed E-state index contributed by atoms with van der Waals surface area (Å²) >= 11 is 0. The van der Waals surface area contributed by atoms with Gasteiger partial charge in [-0.15, -0.1) is 0 Å². The van der Waals surface area contributed by atoms with Gasteiger partial charge < -0.3 is 14.4 Å². The predicted octanol–water partition coefficient (Wildman–Crippen LogP) is 14.2. The van der Waals surface area contributed by atoms with Crippen LogP contribution >= 0.6 is 0 Å². The molecule has 0 amide bonds. The second kappa shape index (κ2) is 12.3. The molecule has 7 aromatic carbocycles. The van der Waals surface area contributed by atoms with Crippen molar-refractivity contribution in [3.8, 4) is 39.2 Å². The average Bonchev–Trinajstić information content (AvgIpc) is 3.63. The van der Waals surface area contributed by atoms with Gasteiger partial charge in [-0.1, -0.05) is 134 Å². The van der Waals surface area contributed by atoms with Crippen molar-refractivity contribution in [1.29, 1.82) is 0 Å². The fourth-order valence-corrected chi connectivity index (χ4v) is 9.68. The molecule has 1 unspecified atom stereocenters. The SMILES string of the molecule is CC1c2ccccc2-c2cc3c(cc21)N(c1cncc(-n2c4c(c5ccccc52)-c2ccccc2N(c2ccccc2)c2ccccc2-4)c1)c1ccccc1C=C3. The molecule has 57 heavy (non-hydrogen) atoms. The number of fused-ring (bicyclic) bond motifs is 12. The molecule has 4 heterocycles. The van der Waals surface area contributed by atoms with Gasteiger partial charge in [0.15, 0.2) is 0 Å². The monoisotopic (exact) mass is 728 g/mol. The van der Waals surface area contributed by atoms with E-state index in [-0.39, 0.29) is 0 Å². The zero-order chi connectivity index (χ0) is 37.6. The maximum Gasteiger partial charge on any atom is 0.0666 e. The molecule has 1 aliphatic carbocycles. The van der Waals surface area contributed by atoms with Crippen LogP contribution in [0.4, 0.5) is 34.1 Å². The molecule has 2 aliphatic heterocycles. The van der Waals surface area contributed by atoms with Crippen LogP contribution in [0.2, 0.25) is 0 Å². The normalized spacial score (nSPS) is 14.4. The molecular weight excluding hydrogens is 693 g/mol. The summed E-state index contributed by atoms with van der Waals surface area (Å²) < 4.78 is 2.44. The number of rotatable bonds is 3. The first kappa shape index (κ1) is 31.9. The second-order valence-corrected chi connectivity index (χ2v) is 15.2. The molecule has 12 rings (SSSR count). The van der Waals surface area contributed by atoms with Gasteiger partial charge in [-0.2, -0.15) is 0 Å². The van der Waals surface area contributed by atoms with Crippen LogP contribution < -0.4 is 9.80 Å². The van der Waals surface area contributed by atoms with Crippen LogP contribution in [0.3, 0.4) is 0 Å². The summed E-state index contributed by atoms with van der Waals surface area (Å²) in [5.74, 6) is 0.301. The van der Waals surface area contributed by atoms with Gasteiger partial charge in [0.2, 0.25) is 0 Å². The Bertz CT molecular complexity index is 3120. The van der Waals surface area contributed by atoms with Crippen LogP contribution in [0, 0.1) is 0 Å². The van der Waals surface area contributed by atoms with Gasteiger partial charge in [0.25, 0.3) is 0 Å². The van der Waals surface area contributed by atoms with Crippen LogP contribution in [0.15, 0.2) is 182 Å². The van der Waals surface area contributed by atoms with Crippen molar-refractivity contribution in [1.82, 2.24) is 9.55 Å². The Kier molecular flexibility index (Phi) is 6.87. The highest BCUT2D eigenvalue weighted by Crippen LogP contribution is 2.55. The zero-order valence-electron chi connectivity index (χ0n) is 31.3. The van der Waals surface area contributed by atoms with Crippen LogP contribution in [0.5, 0.6) is 0 Å². The lowest BCUT2D eigenvalue weighted by atomic mass is 9.96. The van der Waals surface area contributed by atoms with E-state index >= 15 is 0 Å². The number of pyridine rings is 1. The summed E-state index contributed by atoms with van der Waals surface area (Å²) in [6.45, 7) is 2.34. The van der Waals surface area contributed by atoms with Gasteiger partial charge in [-0.05, 0) is 88.0 Å². The van der Waals surface area contributed by atoms with E-state index in [2.05, 4.69) is 203 Å². The van der Waals surface area contributed by atoms with Crippen LogP contribution in [-0.2, 0) is 0 Å². The number of nitrogens with zero attached hydrogens (tertiary/aromatic N) is 4. The van der Waals surface area contributed by atoms with E-state index in [0.29, 0.717) is 5.92 Å². The minimum atomic E-state index is 0.301. The molecule has 4 nitrogen and oxygen atoms in total. The number of hydrogen-bond donors (Lipinski definition) is 0. The van der Waals surface area contributed by atoms with Crippen molar-refractivity contribution in [2.45, 2.75) is 12.8 Å². The molecule has 9 aromatic rings. The molecule has 0 bridgehead atoms. The molecule has 0 N–H and O–H groups in total. The smallest absolute Gasteiger partial charge is 0.0666 e. The Morgan fingerprint density at radius 1 is 0.439 bits per heavy atom. The van der Waals surface area contributed by atoms with Crippen molar-refractivity contribution >= 4 is 57.2 Å². The van der Waals surface area contributed by atoms with E-state index in [4.69, 9.17) is 4.98 Å². The van der Waals surface area contributed by atoms with Gasteiger partial charge in [-0.25, -0.2) is 0 Å². The first-order valence-corrected chi connectivity index (χ1v) is 19.7. The summed E-state index contributed by atoms with van der Waals surface area (Å²) in [6.07, 6.45) is 8.58. The summed E-state index contributed by atoms with van der Waals surface area (Å²) in [6, 6.07) is 61.9. The molecule has 0 saturated heterocycles. The van der Waals surface area contributed by atoms with Crippen molar-refractivity contribution in [2.75, 3.05) is 9.80 Å². The lowest BCUT2D eigenvalue weighted by molar-refractivity contribution is 0.955. The average molecular weight is 729 g/mol. The summed E-state index contributed by atoms with van der Waals surface area (Å²) in [5.41, 5.74) is 21.3. The third-order valence-corrected chi connectivity index (χ3v) is 12.2. The van der Waals surface area contributed by atoms with Crippen LogP contribution in [-0.4, -0.2) is 9.55 Å². The molecule has 2 aromatic heterocycles. The fourth-order valence-electron chi connectivity index (χ4n) is 9.68. The number of para-hydroxylation sites is 5. The zero-order valence-corrected chi connectivity index (χ0v) is 31.3. The summed E-state index contributed by atoms with van der Waals surface area (Å²) in [5, 5.41) is 1.20. The quantitative estimate of drug-likeness (QED) is 0.181. The van der Waals surface area contributed by atoms with E-state index in [9.17, 15) is 0 Å². The standard InChI is InChI=1S/C53H36N4/c1-34-40-18-6-7-19-41(40)46-29-36-28-27-35-15-5-11-23-47(35)56(51(36)31-45(34)46)38-30-39(33-54-32-38)57-49-25-13-9-21-43(49)52-42-20-8-12-24-48(42)55(37-16-3-2-4-17-37)50-26-14-10-22-44(50)53(52)57/h2-34H,1H3. The van der Waals surface area contributed by atoms with Gasteiger partial charge in [0.05, 0.1) is 57.7 Å². The minimum Gasteiger partial charge on any atom is -0.309 e. The number of anilines is 6. The van der Waals surface area contributed by atoms with E-state index in [1.807, 2.05) is 12.4 Å². The highest BCUT2D eigenvalue weighted by atomic mass is 15.2. The third-order valence-electron chi connectivity index (χ3n) is 12.2. The minimum absolute atomic E-state index is 0.301. The Labute approximate surface area is 331 Å².